The third-order valence-electron chi connectivity index (χ3n) is 1.47. The third-order valence-corrected chi connectivity index (χ3v) is 1.47. The summed E-state index contributed by atoms with van der Waals surface area (Å²) in [5.41, 5.74) is 0. The number of nitrogens with zero attached hydrogens (tertiary/aromatic N) is 3. The first-order chi connectivity index (χ1) is 5.26. The van der Waals surface area contributed by atoms with Gasteiger partial charge in [0.2, 0.25) is 0 Å². The fourth-order valence-electron chi connectivity index (χ4n) is 0.914. The van der Waals surface area contributed by atoms with Crippen molar-refractivity contribution in [3.63, 3.8) is 0 Å². The smallest absolute Gasteiger partial charge is 0.132 e. The molecule has 1 rings (SSSR count). The van der Waals surface area contributed by atoms with Gasteiger partial charge in [0.1, 0.15) is 17.5 Å². The van der Waals surface area contributed by atoms with Gasteiger partial charge in [-0.25, -0.2) is 15.0 Å². The average Bonchev–Trinajstić information content (AvgIpc) is 2.03. The summed E-state index contributed by atoms with van der Waals surface area (Å²) in [4.78, 5) is 12.6. The molecule has 0 atom stereocenters. The molecule has 0 aliphatic rings. The minimum absolute atomic E-state index is 0. The van der Waals surface area contributed by atoms with Crippen molar-refractivity contribution in [3.8, 4) is 0 Å². The molecule has 0 saturated heterocycles. The molecule has 0 N–H and O–H groups in total. The Hall–Kier alpha value is -0.990. The Labute approximate surface area is 81.7 Å². The molecule has 3 heteroatoms. The Kier molecular flexibility index (Phi) is 7.28. The van der Waals surface area contributed by atoms with Gasteiger partial charge in [-0.2, -0.15) is 0 Å². The predicted octanol–water partition coefficient (Wildman–Crippen LogP) is 2.58. The van der Waals surface area contributed by atoms with Gasteiger partial charge in [-0.15, -0.1) is 0 Å². The molecule has 76 valence electrons. The van der Waals surface area contributed by atoms with Crippen molar-refractivity contribution < 1.29 is 0 Å². The van der Waals surface area contributed by atoms with Gasteiger partial charge < -0.3 is 0 Å². The second-order valence-corrected chi connectivity index (χ2v) is 2.42. The lowest BCUT2D eigenvalue weighted by molar-refractivity contribution is 0.798. The lowest BCUT2D eigenvalue weighted by Crippen LogP contribution is -2.03. The molecule has 0 aliphatic carbocycles. The van der Waals surface area contributed by atoms with E-state index in [0.717, 1.165) is 30.3 Å². The van der Waals surface area contributed by atoms with Crippen LogP contribution in [0.3, 0.4) is 0 Å². The highest BCUT2D eigenvalue weighted by Crippen LogP contribution is 1.96. The molecule has 0 spiro atoms. The fourth-order valence-corrected chi connectivity index (χ4v) is 0.914. The summed E-state index contributed by atoms with van der Waals surface area (Å²) < 4.78 is 0. The van der Waals surface area contributed by atoms with Gasteiger partial charge in [0.15, 0.2) is 0 Å². The molecule has 3 nitrogen and oxygen atoms in total. The lowest BCUT2D eigenvalue weighted by atomic mass is 10.4. The van der Waals surface area contributed by atoms with Crippen molar-refractivity contribution in [2.75, 3.05) is 0 Å². The van der Waals surface area contributed by atoms with Crippen molar-refractivity contribution in [1.82, 2.24) is 15.0 Å². The SMILES string of the molecule is C.C.CCc1nc(C)nc(CC)n1. The lowest BCUT2D eigenvalue weighted by Gasteiger charge is -1.99. The fraction of sp³-hybridized carbons (Fsp3) is 0.700. The van der Waals surface area contributed by atoms with E-state index in [1.165, 1.54) is 0 Å². The van der Waals surface area contributed by atoms with Crippen LogP contribution in [0.4, 0.5) is 0 Å². The van der Waals surface area contributed by atoms with Crippen molar-refractivity contribution >= 4 is 0 Å². The van der Waals surface area contributed by atoms with Crippen LogP contribution >= 0.6 is 0 Å². The zero-order valence-corrected chi connectivity index (χ0v) is 7.26. The third kappa shape index (κ3) is 3.97. The van der Waals surface area contributed by atoms with Gasteiger partial charge >= 0.3 is 0 Å². The van der Waals surface area contributed by atoms with Crippen LogP contribution in [0, 0.1) is 6.92 Å². The van der Waals surface area contributed by atoms with E-state index in [1.807, 2.05) is 20.8 Å². The maximum Gasteiger partial charge on any atom is 0.132 e. The number of aromatic nitrogens is 3. The van der Waals surface area contributed by atoms with E-state index >= 15 is 0 Å². The molecule has 0 unspecified atom stereocenters. The topological polar surface area (TPSA) is 38.7 Å². The van der Waals surface area contributed by atoms with Crippen LogP contribution in [-0.4, -0.2) is 15.0 Å². The van der Waals surface area contributed by atoms with Crippen LogP contribution < -0.4 is 0 Å². The Morgan fingerprint density at radius 3 is 1.54 bits per heavy atom. The molecule has 0 saturated carbocycles. The minimum atomic E-state index is 0. The van der Waals surface area contributed by atoms with Crippen LogP contribution in [-0.2, 0) is 12.8 Å². The van der Waals surface area contributed by atoms with Crippen LogP contribution in [0.2, 0.25) is 0 Å². The zero-order valence-electron chi connectivity index (χ0n) is 7.26. The Morgan fingerprint density at radius 1 is 0.846 bits per heavy atom. The van der Waals surface area contributed by atoms with Crippen molar-refractivity contribution in [2.24, 2.45) is 0 Å². The largest absolute Gasteiger partial charge is 0.218 e. The molecule has 1 aromatic heterocycles. The first-order valence-electron chi connectivity index (χ1n) is 3.96. The Morgan fingerprint density at radius 2 is 1.23 bits per heavy atom. The summed E-state index contributed by atoms with van der Waals surface area (Å²) in [5, 5.41) is 0. The second-order valence-electron chi connectivity index (χ2n) is 2.42. The standard InChI is InChI=1S/C8H13N3.2CH4/c1-4-7-9-6(3)10-8(5-2)11-7;;/h4-5H2,1-3H3;2*1H4. The Bertz CT molecular complexity index is 224. The highest BCUT2D eigenvalue weighted by Gasteiger charge is 1.98. The van der Waals surface area contributed by atoms with E-state index < -0.39 is 0 Å². The van der Waals surface area contributed by atoms with Crippen LogP contribution in [0.5, 0.6) is 0 Å². The summed E-state index contributed by atoms with van der Waals surface area (Å²) >= 11 is 0. The molecule has 1 aromatic rings. The number of rotatable bonds is 2. The van der Waals surface area contributed by atoms with Gasteiger partial charge in [-0.3, -0.25) is 0 Å². The maximum absolute atomic E-state index is 4.25. The normalized spacial score (nSPS) is 8.54. The van der Waals surface area contributed by atoms with Crippen molar-refractivity contribution in [2.45, 2.75) is 48.5 Å². The van der Waals surface area contributed by atoms with Crippen molar-refractivity contribution in [3.05, 3.63) is 17.5 Å². The molecule has 1 heterocycles. The molecular formula is C10H21N3. The highest BCUT2D eigenvalue weighted by molar-refractivity contribution is 4.95. The highest BCUT2D eigenvalue weighted by atomic mass is 15.0. The first-order valence-corrected chi connectivity index (χ1v) is 3.96. The van der Waals surface area contributed by atoms with Gasteiger partial charge in [0.25, 0.3) is 0 Å². The first kappa shape index (κ1) is 14.5. The summed E-state index contributed by atoms with van der Waals surface area (Å²) in [6.07, 6.45) is 1.77. The number of hydrogen-bond acceptors (Lipinski definition) is 3. The molecule has 13 heavy (non-hydrogen) atoms. The monoisotopic (exact) mass is 183 g/mol. The van der Waals surface area contributed by atoms with Crippen LogP contribution in [0.15, 0.2) is 0 Å². The summed E-state index contributed by atoms with van der Waals surface area (Å²) in [7, 11) is 0. The molecule has 0 fully saturated rings. The summed E-state index contributed by atoms with van der Waals surface area (Å²) in [6, 6.07) is 0. The molecule has 0 aliphatic heterocycles. The molecule has 0 aromatic carbocycles. The quantitative estimate of drug-likeness (QED) is 0.707. The minimum Gasteiger partial charge on any atom is -0.218 e. The van der Waals surface area contributed by atoms with Gasteiger partial charge in [0.05, 0.1) is 0 Å². The maximum atomic E-state index is 4.25. The summed E-state index contributed by atoms with van der Waals surface area (Å²) in [6.45, 7) is 6.00. The van der Waals surface area contributed by atoms with E-state index in [2.05, 4.69) is 15.0 Å². The van der Waals surface area contributed by atoms with E-state index in [4.69, 9.17) is 0 Å². The Balaban J connectivity index is 0. The molecule has 0 bridgehead atoms. The number of hydrogen-bond donors (Lipinski definition) is 0. The van der Waals surface area contributed by atoms with Crippen LogP contribution in [0.1, 0.15) is 46.2 Å². The van der Waals surface area contributed by atoms with E-state index in [9.17, 15) is 0 Å². The van der Waals surface area contributed by atoms with E-state index in [1.54, 1.807) is 0 Å². The number of aryl methyl sites for hydroxylation is 3. The average molecular weight is 183 g/mol. The summed E-state index contributed by atoms with van der Waals surface area (Å²) in [5.74, 6) is 2.62. The van der Waals surface area contributed by atoms with Gasteiger partial charge in [-0.05, 0) is 6.92 Å². The zero-order chi connectivity index (χ0) is 8.27. The molecule has 0 amide bonds. The van der Waals surface area contributed by atoms with E-state index in [0.29, 0.717) is 0 Å². The van der Waals surface area contributed by atoms with E-state index in [-0.39, 0.29) is 14.9 Å². The molecule has 0 radical (unpaired) electrons. The van der Waals surface area contributed by atoms with Gasteiger partial charge in [0, 0.05) is 12.8 Å². The van der Waals surface area contributed by atoms with Crippen LogP contribution in [0.25, 0.3) is 0 Å². The predicted molar refractivity (Wildman–Crippen MR) is 56.8 cm³/mol. The molecular weight excluding hydrogens is 162 g/mol. The van der Waals surface area contributed by atoms with Gasteiger partial charge in [-0.1, -0.05) is 28.7 Å². The second kappa shape index (κ2) is 6.52. The van der Waals surface area contributed by atoms with Crippen molar-refractivity contribution in [1.29, 1.82) is 0 Å².